The highest BCUT2D eigenvalue weighted by Gasteiger charge is 2.34. The fourth-order valence-corrected chi connectivity index (χ4v) is 4.98. The normalized spacial score (nSPS) is 15.3. The van der Waals surface area contributed by atoms with Crippen molar-refractivity contribution in [2.75, 3.05) is 26.2 Å². The minimum Gasteiger partial charge on any atom is -0.340 e. The zero-order chi connectivity index (χ0) is 21.2. The SMILES string of the molecule is O=C(Cc1ccc(Cl)c(Cl)c1)N1CCN(S(=O)(=O)c2ccccc2[N+](=O)[O-])CC1. The van der Waals surface area contributed by atoms with Gasteiger partial charge in [0.1, 0.15) is 0 Å². The van der Waals surface area contributed by atoms with Crippen LogP contribution in [0, 0.1) is 10.1 Å². The first-order chi connectivity index (χ1) is 13.7. The maximum Gasteiger partial charge on any atom is 0.289 e. The second kappa shape index (κ2) is 8.66. The van der Waals surface area contributed by atoms with Gasteiger partial charge in [-0.15, -0.1) is 0 Å². The summed E-state index contributed by atoms with van der Waals surface area (Å²) in [6, 6.07) is 10.2. The summed E-state index contributed by atoms with van der Waals surface area (Å²) in [5.74, 6) is -0.161. The highest BCUT2D eigenvalue weighted by molar-refractivity contribution is 7.89. The van der Waals surface area contributed by atoms with Crippen molar-refractivity contribution >= 4 is 44.8 Å². The van der Waals surface area contributed by atoms with E-state index in [1.54, 1.807) is 23.1 Å². The van der Waals surface area contributed by atoms with E-state index in [9.17, 15) is 23.3 Å². The Bertz CT molecular complexity index is 1050. The van der Waals surface area contributed by atoms with Crippen LogP contribution in [0.1, 0.15) is 5.56 Å². The Morgan fingerprint density at radius 1 is 1.03 bits per heavy atom. The van der Waals surface area contributed by atoms with E-state index in [4.69, 9.17) is 23.2 Å². The van der Waals surface area contributed by atoms with Crippen molar-refractivity contribution in [3.63, 3.8) is 0 Å². The summed E-state index contributed by atoms with van der Waals surface area (Å²) < 4.78 is 26.8. The predicted octanol–water partition coefficient (Wildman–Crippen LogP) is 2.98. The molecule has 1 aliphatic heterocycles. The third-order valence-corrected chi connectivity index (χ3v) is 7.30. The molecule has 8 nitrogen and oxygen atoms in total. The van der Waals surface area contributed by atoms with Crippen LogP contribution in [-0.2, 0) is 21.2 Å². The largest absolute Gasteiger partial charge is 0.340 e. The fraction of sp³-hybridized carbons (Fsp3) is 0.278. The van der Waals surface area contributed by atoms with Crippen LogP contribution >= 0.6 is 23.2 Å². The smallest absolute Gasteiger partial charge is 0.289 e. The number of carbonyl (C=O) groups is 1. The van der Waals surface area contributed by atoms with Crippen molar-refractivity contribution in [1.29, 1.82) is 0 Å². The molecule has 1 fully saturated rings. The minimum absolute atomic E-state index is 0.0570. The number of nitro groups is 1. The van der Waals surface area contributed by atoms with E-state index in [0.717, 1.165) is 10.4 Å². The highest BCUT2D eigenvalue weighted by atomic mass is 35.5. The molecule has 0 N–H and O–H groups in total. The van der Waals surface area contributed by atoms with Crippen LogP contribution < -0.4 is 0 Å². The van der Waals surface area contributed by atoms with Gasteiger partial charge < -0.3 is 4.90 Å². The van der Waals surface area contributed by atoms with Gasteiger partial charge in [-0.25, -0.2) is 8.42 Å². The van der Waals surface area contributed by atoms with E-state index in [2.05, 4.69) is 0 Å². The number of nitro benzene ring substituents is 1. The number of piperazine rings is 1. The number of benzene rings is 2. The maximum atomic E-state index is 12.8. The third kappa shape index (κ3) is 4.69. The summed E-state index contributed by atoms with van der Waals surface area (Å²) in [5.41, 5.74) is 0.241. The van der Waals surface area contributed by atoms with Gasteiger partial charge >= 0.3 is 0 Å². The predicted molar refractivity (Wildman–Crippen MR) is 109 cm³/mol. The molecule has 1 heterocycles. The Balaban J connectivity index is 1.67. The van der Waals surface area contributed by atoms with Crippen LogP contribution in [0.15, 0.2) is 47.4 Å². The second-order valence-electron chi connectivity index (χ2n) is 6.43. The van der Waals surface area contributed by atoms with Crippen molar-refractivity contribution < 1.29 is 18.1 Å². The lowest BCUT2D eigenvalue weighted by Crippen LogP contribution is -2.50. The van der Waals surface area contributed by atoms with E-state index in [0.29, 0.717) is 15.6 Å². The lowest BCUT2D eigenvalue weighted by Gasteiger charge is -2.34. The molecular formula is C18H17Cl2N3O5S. The summed E-state index contributed by atoms with van der Waals surface area (Å²) in [6.45, 7) is 0.503. The molecule has 0 unspecified atom stereocenters. The summed E-state index contributed by atoms with van der Waals surface area (Å²) in [6.07, 6.45) is 0.119. The highest BCUT2D eigenvalue weighted by Crippen LogP contribution is 2.27. The molecule has 2 aromatic rings. The quantitative estimate of drug-likeness (QED) is 0.507. The number of para-hydroxylation sites is 1. The molecule has 0 aliphatic carbocycles. The molecule has 0 atom stereocenters. The lowest BCUT2D eigenvalue weighted by molar-refractivity contribution is -0.387. The van der Waals surface area contributed by atoms with Gasteiger partial charge in [-0.1, -0.05) is 41.4 Å². The molecule has 2 aromatic carbocycles. The van der Waals surface area contributed by atoms with Crippen molar-refractivity contribution in [1.82, 2.24) is 9.21 Å². The van der Waals surface area contributed by atoms with Crippen LogP contribution in [0.3, 0.4) is 0 Å². The van der Waals surface area contributed by atoms with Crippen LogP contribution in [0.5, 0.6) is 0 Å². The van der Waals surface area contributed by atoms with Crippen LogP contribution in [-0.4, -0.2) is 54.6 Å². The average Bonchev–Trinajstić information content (AvgIpc) is 2.70. The van der Waals surface area contributed by atoms with Gasteiger partial charge in [-0.3, -0.25) is 14.9 Å². The van der Waals surface area contributed by atoms with E-state index in [-0.39, 0.29) is 43.4 Å². The molecule has 0 aromatic heterocycles. The molecule has 0 spiro atoms. The van der Waals surface area contributed by atoms with Gasteiger partial charge in [0.05, 0.1) is 21.4 Å². The Labute approximate surface area is 177 Å². The van der Waals surface area contributed by atoms with Crippen LogP contribution in [0.2, 0.25) is 10.0 Å². The number of halogens is 2. The number of sulfonamides is 1. The van der Waals surface area contributed by atoms with Crippen molar-refractivity contribution in [2.45, 2.75) is 11.3 Å². The van der Waals surface area contributed by atoms with Gasteiger partial charge in [0, 0.05) is 32.2 Å². The average molecular weight is 458 g/mol. The van der Waals surface area contributed by atoms with Gasteiger partial charge in [0.2, 0.25) is 15.9 Å². The van der Waals surface area contributed by atoms with Gasteiger partial charge in [0.15, 0.2) is 4.90 Å². The molecule has 0 radical (unpaired) electrons. The van der Waals surface area contributed by atoms with E-state index >= 15 is 0 Å². The molecule has 11 heteroatoms. The number of nitrogens with zero attached hydrogens (tertiary/aromatic N) is 3. The summed E-state index contributed by atoms with van der Waals surface area (Å²) in [5, 5.41) is 11.9. The second-order valence-corrected chi connectivity index (χ2v) is 9.16. The van der Waals surface area contributed by atoms with Crippen LogP contribution in [0.4, 0.5) is 5.69 Å². The number of carbonyl (C=O) groups excluding carboxylic acids is 1. The Hall–Kier alpha value is -2.20. The van der Waals surface area contributed by atoms with Crippen molar-refractivity contribution in [2.24, 2.45) is 0 Å². The van der Waals surface area contributed by atoms with Gasteiger partial charge in [-0.2, -0.15) is 4.31 Å². The van der Waals surface area contributed by atoms with E-state index in [1.807, 2.05) is 0 Å². The number of amides is 1. The first-order valence-corrected chi connectivity index (χ1v) is 10.8. The van der Waals surface area contributed by atoms with Gasteiger partial charge in [0.25, 0.3) is 5.69 Å². The molecule has 1 aliphatic rings. The zero-order valence-electron chi connectivity index (χ0n) is 15.1. The zero-order valence-corrected chi connectivity index (χ0v) is 17.5. The Morgan fingerprint density at radius 2 is 1.69 bits per heavy atom. The first-order valence-electron chi connectivity index (χ1n) is 8.65. The summed E-state index contributed by atoms with van der Waals surface area (Å²) in [7, 11) is -4.03. The summed E-state index contributed by atoms with van der Waals surface area (Å²) in [4.78, 5) is 24.2. The molecule has 154 valence electrons. The minimum atomic E-state index is -4.03. The molecule has 29 heavy (non-hydrogen) atoms. The van der Waals surface area contributed by atoms with Crippen molar-refractivity contribution in [3.05, 3.63) is 68.2 Å². The molecule has 1 amide bonds. The lowest BCUT2D eigenvalue weighted by atomic mass is 10.1. The Kier molecular flexibility index (Phi) is 6.42. The monoisotopic (exact) mass is 457 g/mol. The van der Waals surface area contributed by atoms with Crippen LogP contribution in [0.25, 0.3) is 0 Å². The third-order valence-electron chi connectivity index (χ3n) is 4.61. The Morgan fingerprint density at radius 3 is 2.31 bits per heavy atom. The van der Waals surface area contributed by atoms with E-state index < -0.39 is 20.6 Å². The topological polar surface area (TPSA) is 101 Å². The molecule has 1 saturated heterocycles. The van der Waals surface area contributed by atoms with Gasteiger partial charge in [-0.05, 0) is 23.8 Å². The number of hydrogen-bond donors (Lipinski definition) is 0. The maximum absolute atomic E-state index is 12.8. The standard InChI is InChI=1S/C18H17Cl2N3O5S/c19-14-6-5-13(11-15(14)20)12-18(24)21-7-9-22(10-8-21)29(27,28)17-4-2-1-3-16(17)23(25)26/h1-6,11H,7-10,12H2. The molecule has 0 saturated carbocycles. The molecular weight excluding hydrogens is 441 g/mol. The van der Waals surface area contributed by atoms with E-state index in [1.165, 1.54) is 18.2 Å². The summed E-state index contributed by atoms with van der Waals surface area (Å²) >= 11 is 11.8. The van der Waals surface area contributed by atoms with Crippen molar-refractivity contribution in [3.8, 4) is 0 Å². The molecule has 0 bridgehead atoms. The first kappa shape index (κ1) is 21.5. The molecule has 3 rings (SSSR count). The fourth-order valence-electron chi connectivity index (χ4n) is 3.08. The number of rotatable bonds is 5. The number of hydrogen-bond acceptors (Lipinski definition) is 5.